The molecule has 1 saturated carbocycles. The van der Waals surface area contributed by atoms with Crippen molar-refractivity contribution < 1.29 is 9.72 Å². The zero-order valence-electron chi connectivity index (χ0n) is 14.5. The average Bonchev–Trinajstić information content (AvgIpc) is 3.54. The molecular weight excluding hydrogens is 342 g/mol. The molecule has 1 aliphatic rings. The normalized spacial score (nSPS) is 13.2. The molecule has 1 amide bonds. The van der Waals surface area contributed by atoms with Gasteiger partial charge in [-0.15, -0.1) is 0 Å². The second-order valence-electron chi connectivity index (χ2n) is 6.55. The molecule has 27 heavy (non-hydrogen) atoms. The summed E-state index contributed by atoms with van der Waals surface area (Å²) in [7, 11) is 0. The molecule has 4 rings (SSSR count). The van der Waals surface area contributed by atoms with E-state index in [4.69, 9.17) is 0 Å². The van der Waals surface area contributed by atoms with Crippen LogP contribution in [-0.4, -0.2) is 15.8 Å². The summed E-state index contributed by atoms with van der Waals surface area (Å²) >= 11 is 0. The van der Waals surface area contributed by atoms with E-state index in [-0.39, 0.29) is 22.4 Å². The summed E-state index contributed by atoms with van der Waals surface area (Å²) in [5, 5.41) is 14.4. The number of amides is 1. The van der Waals surface area contributed by atoms with Gasteiger partial charge in [-0.3, -0.25) is 14.9 Å². The Morgan fingerprint density at radius 3 is 2.48 bits per heavy atom. The molecule has 1 aliphatic carbocycles. The number of carbonyl (C=O) groups excluding carboxylic acids is 1. The predicted octanol–water partition coefficient (Wildman–Crippen LogP) is 4.67. The van der Waals surface area contributed by atoms with Crippen LogP contribution in [0.25, 0.3) is 22.3 Å². The van der Waals surface area contributed by atoms with Crippen LogP contribution < -0.4 is 5.32 Å². The highest BCUT2D eigenvalue weighted by atomic mass is 16.6. The van der Waals surface area contributed by atoms with Gasteiger partial charge in [-0.2, -0.15) is 0 Å². The molecule has 0 atom stereocenters. The van der Waals surface area contributed by atoms with Gasteiger partial charge >= 0.3 is 0 Å². The van der Waals surface area contributed by atoms with Gasteiger partial charge in [-0.1, -0.05) is 36.4 Å². The van der Waals surface area contributed by atoms with Crippen LogP contribution in [-0.2, 0) is 4.79 Å². The van der Waals surface area contributed by atoms with E-state index in [1.165, 1.54) is 0 Å². The summed E-state index contributed by atoms with van der Waals surface area (Å²) in [5.74, 6) is 0.425. The number of nitrogens with one attached hydrogen (secondary N) is 1. The van der Waals surface area contributed by atoms with Crippen molar-refractivity contribution in [3.8, 4) is 22.3 Å². The Kier molecular flexibility index (Phi) is 4.38. The number of hydrogen-bond donors (Lipinski definition) is 1. The zero-order valence-corrected chi connectivity index (χ0v) is 14.5. The van der Waals surface area contributed by atoms with Gasteiger partial charge in [0.05, 0.1) is 10.5 Å². The van der Waals surface area contributed by atoms with Crippen LogP contribution in [0.1, 0.15) is 12.8 Å². The van der Waals surface area contributed by atoms with Crippen molar-refractivity contribution in [2.45, 2.75) is 12.8 Å². The van der Waals surface area contributed by atoms with E-state index < -0.39 is 0 Å². The molecule has 2 aromatic carbocycles. The molecule has 6 nitrogen and oxygen atoms in total. The fraction of sp³-hybridized carbons (Fsp3) is 0.143. The fourth-order valence-corrected chi connectivity index (χ4v) is 2.98. The smallest absolute Gasteiger partial charge is 0.277 e. The third-order valence-electron chi connectivity index (χ3n) is 4.57. The van der Waals surface area contributed by atoms with Crippen molar-refractivity contribution in [1.29, 1.82) is 0 Å². The first-order valence-corrected chi connectivity index (χ1v) is 8.73. The maximum Gasteiger partial charge on any atom is 0.277 e. The second kappa shape index (κ2) is 6.99. The Bertz CT molecular complexity index is 1010. The lowest BCUT2D eigenvalue weighted by molar-refractivity contribution is -0.384. The minimum Gasteiger partial charge on any atom is -0.310 e. The Labute approximate surface area is 156 Å². The fourth-order valence-electron chi connectivity index (χ4n) is 2.98. The Morgan fingerprint density at radius 2 is 1.78 bits per heavy atom. The van der Waals surface area contributed by atoms with Crippen LogP contribution in [0.15, 0.2) is 66.9 Å². The lowest BCUT2D eigenvalue weighted by Gasteiger charge is -2.09. The van der Waals surface area contributed by atoms with E-state index in [1.807, 2.05) is 36.4 Å². The van der Waals surface area contributed by atoms with E-state index >= 15 is 0 Å². The Morgan fingerprint density at radius 1 is 1.00 bits per heavy atom. The maximum absolute atomic E-state index is 11.9. The van der Waals surface area contributed by atoms with E-state index in [0.29, 0.717) is 16.9 Å². The SMILES string of the molecule is O=C(Nc1cc(-c2ccc(-c3ccccc3)cc2[N+](=O)[O-])ccn1)C1CC1. The van der Waals surface area contributed by atoms with Gasteiger partial charge in [0, 0.05) is 18.2 Å². The van der Waals surface area contributed by atoms with Crippen LogP contribution in [0.2, 0.25) is 0 Å². The van der Waals surface area contributed by atoms with Crippen LogP contribution >= 0.6 is 0 Å². The number of carbonyl (C=O) groups is 1. The molecule has 1 heterocycles. The van der Waals surface area contributed by atoms with Crippen molar-refractivity contribution in [1.82, 2.24) is 4.98 Å². The first-order chi connectivity index (χ1) is 13.1. The van der Waals surface area contributed by atoms with Crippen LogP contribution in [0.4, 0.5) is 11.5 Å². The first-order valence-electron chi connectivity index (χ1n) is 8.73. The summed E-state index contributed by atoms with van der Waals surface area (Å²) in [6, 6.07) is 18.1. The summed E-state index contributed by atoms with van der Waals surface area (Å²) in [4.78, 5) is 27.4. The van der Waals surface area contributed by atoms with Gasteiger partial charge in [-0.05, 0) is 47.7 Å². The van der Waals surface area contributed by atoms with Crippen LogP contribution in [0, 0.1) is 16.0 Å². The number of nitrogens with zero attached hydrogens (tertiary/aromatic N) is 2. The van der Waals surface area contributed by atoms with Crippen LogP contribution in [0.3, 0.4) is 0 Å². The molecule has 0 bridgehead atoms. The predicted molar refractivity (Wildman–Crippen MR) is 103 cm³/mol. The van der Waals surface area contributed by atoms with Gasteiger partial charge in [0.1, 0.15) is 5.82 Å². The monoisotopic (exact) mass is 359 g/mol. The summed E-state index contributed by atoms with van der Waals surface area (Å²) in [5.41, 5.74) is 2.84. The number of pyridine rings is 1. The van der Waals surface area contributed by atoms with Crippen molar-refractivity contribution in [3.05, 3.63) is 77.0 Å². The summed E-state index contributed by atoms with van der Waals surface area (Å²) in [6.45, 7) is 0. The number of hydrogen-bond acceptors (Lipinski definition) is 4. The molecular formula is C21H17N3O3. The lowest BCUT2D eigenvalue weighted by Crippen LogP contribution is -2.14. The molecule has 134 valence electrons. The van der Waals surface area contributed by atoms with E-state index in [0.717, 1.165) is 24.0 Å². The molecule has 1 fully saturated rings. The van der Waals surface area contributed by atoms with Crippen molar-refractivity contribution in [2.24, 2.45) is 5.92 Å². The molecule has 0 aliphatic heterocycles. The lowest BCUT2D eigenvalue weighted by atomic mass is 9.99. The van der Waals surface area contributed by atoms with Crippen molar-refractivity contribution >= 4 is 17.4 Å². The topological polar surface area (TPSA) is 85.1 Å². The summed E-state index contributed by atoms with van der Waals surface area (Å²) in [6.07, 6.45) is 3.35. The third kappa shape index (κ3) is 3.69. The second-order valence-corrected chi connectivity index (χ2v) is 6.55. The number of aromatic nitrogens is 1. The van der Waals surface area contributed by atoms with E-state index in [9.17, 15) is 14.9 Å². The molecule has 1 N–H and O–H groups in total. The number of benzene rings is 2. The molecule has 0 saturated heterocycles. The highest BCUT2D eigenvalue weighted by molar-refractivity contribution is 5.94. The Balaban J connectivity index is 1.70. The molecule has 0 spiro atoms. The molecule has 0 radical (unpaired) electrons. The zero-order chi connectivity index (χ0) is 18.8. The highest BCUT2D eigenvalue weighted by Crippen LogP contribution is 2.35. The van der Waals surface area contributed by atoms with Gasteiger partial charge < -0.3 is 5.32 Å². The van der Waals surface area contributed by atoms with Gasteiger partial charge in [-0.25, -0.2) is 4.98 Å². The first kappa shape index (κ1) is 16.9. The van der Waals surface area contributed by atoms with Gasteiger partial charge in [0.15, 0.2) is 0 Å². The van der Waals surface area contributed by atoms with Crippen LogP contribution in [0.5, 0.6) is 0 Å². The van der Waals surface area contributed by atoms with Gasteiger partial charge in [0.2, 0.25) is 5.91 Å². The highest BCUT2D eigenvalue weighted by Gasteiger charge is 2.29. The Hall–Kier alpha value is -3.54. The van der Waals surface area contributed by atoms with Crippen molar-refractivity contribution in [3.63, 3.8) is 0 Å². The number of nitro groups is 1. The summed E-state index contributed by atoms with van der Waals surface area (Å²) < 4.78 is 0. The molecule has 3 aromatic rings. The molecule has 0 unspecified atom stereocenters. The number of anilines is 1. The largest absolute Gasteiger partial charge is 0.310 e. The maximum atomic E-state index is 11.9. The third-order valence-corrected chi connectivity index (χ3v) is 4.57. The quantitative estimate of drug-likeness (QED) is 0.530. The van der Waals surface area contributed by atoms with Gasteiger partial charge in [0.25, 0.3) is 5.69 Å². The number of rotatable bonds is 5. The molecule has 1 aromatic heterocycles. The molecule has 6 heteroatoms. The standard InChI is InChI=1S/C21H17N3O3/c25-21(15-6-7-15)23-20-13-17(10-11-22-20)18-9-8-16(12-19(18)24(26)27)14-4-2-1-3-5-14/h1-5,8-13,15H,6-7H2,(H,22,23,25). The minimum atomic E-state index is -0.384. The van der Waals surface area contributed by atoms with E-state index in [2.05, 4.69) is 10.3 Å². The van der Waals surface area contributed by atoms with E-state index in [1.54, 1.807) is 30.5 Å². The minimum absolute atomic E-state index is 0.0158. The average molecular weight is 359 g/mol. The van der Waals surface area contributed by atoms with Crippen molar-refractivity contribution in [2.75, 3.05) is 5.32 Å². The number of nitro benzene ring substituents is 1.